The number of aryl methyl sites for hydroxylation is 1. The van der Waals surface area contributed by atoms with E-state index >= 15 is 0 Å². The monoisotopic (exact) mass is 237 g/mol. The van der Waals surface area contributed by atoms with Crippen LogP contribution in [0.2, 0.25) is 0 Å². The van der Waals surface area contributed by atoms with Crippen LogP contribution in [0.3, 0.4) is 0 Å². The van der Waals surface area contributed by atoms with E-state index in [0.29, 0.717) is 23.6 Å². The smallest absolute Gasteiger partial charge is 0.253 e. The number of amides is 1. The van der Waals surface area contributed by atoms with Crippen LogP contribution in [-0.2, 0) is 0 Å². The highest BCUT2D eigenvalue weighted by atomic mass is 19.1. The summed E-state index contributed by atoms with van der Waals surface area (Å²) in [4.78, 5) is 14.0. The number of hydrogen-bond acceptors (Lipinski definition) is 1. The summed E-state index contributed by atoms with van der Waals surface area (Å²) in [6, 6.07) is 4.51. The Balaban J connectivity index is 2.90. The SMILES string of the molecule is CCN(CC(C)C)C(=O)c1ccc(F)c(C)c1. The van der Waals surface area contributed by atoms with E-state index < -0.39 is 0 Å². The van der Waals surface area contributed by atoms with Gasteiger partial charge in [-0.1, -0.05) is 13.8 Å². The Hall–Kier alpha value is -1.38. The number of carbonyl (C=O) groups is 1. The van der Waals surface area contributed by atoms with E-state index in [1.54, 1.807) is 24.0 Å². The maximum absolute atomic E-state index is 13.1. The summed E-state index contributed by atoms with van der Waals surface area (Å²) >= 11 is 0. The summed E-state index contributed by atoms with van der Waals surface area (Å²) < 4.78 is 13.1. The second-order valence-corrected chi connectivity index (χ2v) is 4.70. The van der Waals surface area contributed by atoms with Crippen molar-refractivity contribution in [2.45, 2.75) is 27.7 Å². The van der Waals surface area contributed by atoms with E-state index in [4.69, 9.17) is 0 Å². The Bertz CT molecular complexity index is 401. The molecule has 0 spiro atoms. The van der Waals surface area contributed by atoms with Crippen LogP contribution in [0.1, 0.15) is 36.7 Å². The van der Waals surface area contributed by atoms with Gasteiger partial charge in [-0.3, -0.25) is 4.79 Å². The number of rotatable bonds is 4. The Kier molecular flexibility index (Phi) is 4.67. The number of benzene rings is 1. The molecule has 0 atom stereocenters. The van der Waals surface area contributed by atoms with Gasteiger partial charge in [0.05, 0.1) is 0 Å². The van der Waals surface area contributed by atoms with Crippen molar-refractivity contribution < 1.29 is 9.18 Å². The third-order valence-electron chi connectivity index (χ3n) is 2.66. The van der Waals surface area contributed by atoms with Crippen molar-refractivity contribution in [3.05, 3.63) is 35.1 Å². The molecule has 0 fully saturated rings. The van der Waals surface area contributed by atoms with Gasteiger partial charge in [-0.2, -0.15) is 0 Å². The first-order valence-electron chi connectivity index (χ1n) is 6.01. The van der Waals surface area contributed by atoms with Gasteiger partial charge in [-0.15, -0.1) is 0 Å². The molecule has 0 saturated heterocycles. The Morgan fingerprint density at radius 3 is 2.53 bits per heavy atom. The Morgan fingerprint density at radius 2 is 2.06 bits per heavy atom. The van der Waals surface area contributed by atoms with E-state index in [1.807, 2.05) is 6.92 Å². The van der Waals surface area contributed by atoms with Gasteiger partial charge in [-0.05, 0) is 43.5 Å². The second-order valence-electron chi connectivity index (χ2n) is 4.70. The van der Waals surface area contributed by atoms with Crippen LogP contribution in [0.4, 0.5) is 4.39 Å². The fraction of sp³-hybridized carbons (Fsp3) is 0.500. The van der Waals surface area contributed by atoms with Crippen molar-refractivity contribution in [3.8, 4) is 0 Å². The zero-order valence-electron chi connectivity index (χ0n) is 11.0. The summed E-state index contributed by atoms with van der Waals surface area (Å²) in [6.45, 7) is 9.18. The van der Waals surface area contributed by atoms with Gasteiger partial charge in [0.2, 0.25) is 0 Å². The molecular weight excluding hydrogens is 217 g/mol. The summed E-state index contributed by atoms with van der Waals surface area (Å²) in [5.41, 5.74) is 1.07. The van der Waals surface area contributed by atoms with Crippen LogP contribution < -0.4 is 0 Å². The maximum Gasteiger partial charge on any atom is 0.253 e. The highest BCUT2D eigenvalue weighted by molar-refractivity contribution is 5.94. The molecule has 94 valence electrons. The van der Waals surface area contributed by atoms with Gasteiger partial charge in [0.15, 0.2) is 0 Å². The van der Waals surface area contributed by atoms with E-state index in [1.165, 1.54) is 6.07 Å². The zero-order valence-corrected chi connectivity index (χ0v) is 11.0. The summed E-state index contributed by atoms with van der Waals surface area (Å²) in [6.07, 6.45) is 0. The summed E-state index contributed by atoms with van der Waals surface area (Å²) in [5, 5.41) is 0. The zero-order chi connectivity index (χ0) is 13.0. The van der Waals surface area contributed by atoms with Crippen molar-refractivity contribution >= 4 is 5.91 Å². The minimum Gasteiger partial charge on any atom is -0.339 e. The van der Waals surface area contributed by atoms with E-state index in [9.17, 15) is 9.18 Å². The predicted molar refractivity (Wildman–Crippen MR) is 67.6 cm³/mol. The highest BCUT2D eigenvalue weighted by Gasteiger charge is 2.15. The Morgan fingerprint density at radius 1 is 1.41 bits per heavy atom. The first-order valence-corrected chi connectivity index (χ1v) is 6.01. The average Bonchev–Trinajstić information content (AvgIpc) is 2.28. The van der Waals surface area contributed by atoms with Gasteiger partial charge in [0, 0.05) is 18.7 Å². The van der Waals surface area contributed by atoms with Crippen LogP contribution in [-0.4, -0.2) is 23.9 Å². The van der Waals surface area contributed by atoms with Crippen molar-refractivity contribution in [3.63, 3.8) is 0 Å². The molecule has 1 aromatic rings. The summed E-state index contributed by atoms with van der Waals surface area (Å²) in [7, 11) is 0. The molecule has 17 heavy (non-hydrogen) atoms. The second kappa shape index (κ2) is 5.80. The van der Waals surface area contributed by atoms with E-state index in [2.05, 4.69) is 13.8 Å². The van der Waals surface area contributed by atoms with Crippen molar-refractivity contribution in [1.29, 1.82) is 0 Å². The van der Waals surface area contributed by atoms with E-state index in [0.717, 1.165) is 6.54 Å². The molecule has 0 saturated carbocycles. The average molecular weight is 237 g/mol. The van der Waals surface area contributed by atoms with Crippen molar-refractivity contribution in [2.75, 3.05) is 13.1 Å². The highest BCUT2D eigenvalue weighted by Crippen LogP contribution is 2.12. The largest absolute Gasteiger partial charge is 0.339 e. The molecule has 0 unspecified atom stereocenters. The molecule has 0 aliphatic rings. The molecule has 0 bridgehead atoms. The third kappa shape index (κ3) is 3.55. The summed E-state index contributed by atoms with van der Waals surface area (Å²) in [5.74, 6) is 0.137. The lowest BCUT2D eigenvalue weighted by atomic mass is 10.1. The molecule has 2 nitrogen and oxygen atoms in total. The minimum atomic E-state index is -0.270. The van der Waals surface area contributed by atoms with Gasteiger partial charge < -0.3 is 4.90 Å². The van der Waals surface area contributed by atoms with Crippen LogP contribution in [0.5, 0.6) is 0 Å². The number of nitrogens with zero attached hydrogens (tertiary/aromatic N) is 1. The van der Waals surface area contributed by atoms with E-state index in [-0.39, 0.29) is 11.7 Å². The van der Waals surface area contributed by atoms with Gasteiger partial charge in [-0.25, -0.2) is 4.39 Å². The van der Waals surface area contributed by atoms with Crippen molar-refractivity contribution in [1.82, 2.24) is 4.90 Å². The van der Waals surface area contributed by atoms with Crippen LogP contribution in [0.15, 0.2) is 18.2 Å². The lowest BCUT2D eigenvalue weighted by Crippen LogP contribution is -2.34. The molecule has 3 heteroatoms. The first kappa shape index (κ1) is 13.7. The van der Waals surface area contributed by atoms with Crippen LogP contribution >= 0.6 is 0 Å². The molecular formula is C14H20FNO. The van der Waals surface area contributed by atoms with Crippen LogP contribution in [0.25, 0.3) is 0 Å². The lowest BCUT2D eigenvalue weighted by Gasteiger charge is -2.23. The normalized spacial score (nSPS) is 10.7. The van der Waals surface area contributed by atoms with Gasteiger partial charge >= 0.3 is 0 Å². The Labute approximate surface area is 102 Å². The fourth-order valence-corrected chi connectivity index (χ4v) is 1.76. The predicted octanol–water partition coefficient (Wildman–Crippen LogP) is 3.25. The number of hydrogen-bond donors (Lipinski definition) is 0. The first-order chi connectivity index (χ1) is 7.95. The molecule has 1 aromatic carbocycles. The topological polar surface area (TPSA) is 20.3 Å². The molecule has 1 amide bonds. The maximum atomic E-state index is 13.1. The lowest BCUT2D eigenvalue weighted by molar-refractivity contribution is 0.0745. The number of carbonyl (C=O) groups excluding carboxylic acids is 1. The van der Waals surface area contributed by atoms with Crippen LogP contribution in [0, 0.1) is 18.7 Å². The molecule has 0 aliphatic carbocycles. The molecule has 0 heterocycles. The third-order valence-corrected chi connectivity index (χ3v) is 2.66. The standard InChI is InChI=1S/C14H20FNO/c1-5-16(9-10(2)3)14(17)12-6-7-13(15)11(4)8-12/h6-8,10H,5,9H2,1-4H3. The van der Waals surface area contributed by atoms with Gasteiger partial charge in [0.25, 0.3) is 5.91 Å². The molecule has 0 aliphatic heterocycles. The molecule has 0 aromatic heterocycles. The fourth-order valence-electron chi connectivity index (χ4n) is 1.76. The quantitative estimate of drug-likeness (QED) is 0.787. The molecule has 1 rings (SSSR count). The van der Waals surface area contributed by atoms with Crippen molar-refractivity contribution in [2.24, 2.45) is 5.92 Å². The molecule has 0 radical (unpaired) electrons. The molecule has 0 N–H and O–H groups in total. The number of halogens is 1. The van der Waals surface area contributed by atoms with Gasteiger partial charge in [0.1, 0.15) is 5.82 Å². The minimum absolute atomic E-state index is 0.0238.